The zero-order valence-corrected chi connectivity index (χ0v) is 11.1. The predicted octanol–water partition coefficient (Wildman–Crippen LogP) is 1.50. The van der Waals surface area contributed by atoms with Crippen LogP contribution in [0.2, 0.25) is 0 Å². The number of amides is 1. The van der Waals surface area contributed by atoms with Crippen molar-refractivity contribution >= 4 is 17.3 Å². The minimum Gasteiger partial charge on any atom is -0.399 e. The van der Waals surface area contributed by atoms with E-state index in [-0.39, 0.29) is 5.91 Å². The smallest absolute Gasteiger partial charge is 0.242 e. The maximum absolute atomic E-state index is 12.1. The summed E-state index contributed by atoms with van der Waals surface area (Å²) >= 11 is 0. The molecule has 1 aliphatic rings. The van der Waals surface area contributed by atoms with Gasteiger partial charge in [0.1, 0.15) is 0 Å². The molecule has 0 aromatic heterocycles. The van der Waals surface area contributed by atoms with Gasteiger partial charge in [-0.2, -0.15) is 0 Å². The molecule has 0 spiro atoms. The molecule has 0 saturated heterocycles. The molecular weight excluding hydrogens is 226 g/mol. The van der Waals surface area contributed by atoms with Crippen LogP contribution < -0.4 is 10.6 Å². The number of carbonyl (C=O) groups excluding carboxylic acids is 1. The standard InChI is InChI=1S/C14H21N3O/c1-3-16(4-2)14(18)10-17-8-7-11-5-6-12(15)9-13(11)17/h5-6,9H,3-4,7-8,10,15H2,1-2H3. The van der Waals surface area contributed by atoms with E-state index in [0.717, 1.165) is 37.4 Å². The Balaban J connectivity index is 2.10. The van der Waals surface area contributed by atoms with Gasteiger partial charge in [-0.25, -0.2) is 0 Å². The van der Waals surface area contributed by atoms with Gasteiger partial charge < -0.3 is 15.5 Å². The predicted molar refractivity (Wildman–Crippen MR) is 74.7 cm³/mol. The minimum absolute atomic E-state index is 0.190. The molecule has 18 heavy (non-hydrogen) atoms. The molecule has 0 radical (unpaired) electrons. The summed E-state index contributed by atoms with van der Waals surface area (Å²) in [7, 11) is 0. The number of nitrogens with two attached hydrogens (primary N) is 1. The fourth-order valence-corrected chi connectivity index (χ4v) is 2.47. The van der Waals surface area contributed by atoms with Crippen molar-refractivity contribution in [3.63, 3.8) is 0 Å². The van der Waals surface area contributed by atoms with Crippen molar-refractivity contribution in [3.05, 3.63) is 23.8 Å². The first-order chi connectivity index (χ1) is 8.65. The molecular formula is C14H21N3O. The topological polar surface area (TPSA) is 49.6 Å². The van der Waals surface area contributed by atoms with Gasteiger partial charge >= 0.3 is 0 Å². The quantitative estimate of drug-likeness (QED) is 0.820. The first-order valence-electron chi connectivity index (χ1n) is 6.56. The van der Waals surface area contributed by atoms with Crippen LogP contribution in [0.25, 0.3) is 0 Å². The zero-order valence-electron chi connectivity index (χ0n) is 11.1. The monoisotopic (exact) mass is 247 g/mol. The van der Waals surface area contributed by atoms with Crippen LogP contribution in [0.4, 0.5) is 11.4 Å². The lowest BCUT2D eigenvalue weighted by Gasteiger charge is -2.24. The highest BCUT2D eigenvalue weighted by Gasteiger charge is 2.22. The summed E-state index contributed by atoms with van der Waals surface area (Å²) in [5.41, 5.74) is 8.98. The number of fused-ring (bicyclic) bond motifs is 1. The van der Waals surface area contributed by atoms with E-state index in [1.54, 1.807) is 0 Å². The molecule has 2 rings (SSSR count). The molecule has 0 saturated carbocycles. The Morgan fingerprint density at radius 2 is 2.11 bits per heavy atom. The highest BCUT2D eigenvalue weighted by molar-refractivity contribution is 5.82. The fraction of sp³-hybridized carbons (Fsp3) is 0.500. The summed E-state index contributed by atoms with van der Waals surface area (Å²) in [4.78, 5) is 16.1. The van der Waals surface area contributed by atoms with Crippen LogP contribution in [0.3, 0.4) is 0 Å². The van der Waals surface area contributed by atoms with Gasteiger partial charge in [0.25, 0.3) is 0 Å². The minimum atomic E-state index is 0.190. The third kappa shape index (κ3) is 2.42. The van der Waals surface area contributed by atoms with Crippen LogP contribution in [0.1, 0.15) is 19.4 Å². The zero-order chi connectivity index (χ0) is 13.1. The Hall–Kier alpha value is -1.71. The van der Waals surface area contributed by atoms with Gasteiger partial charge in [-0.15, -0.1) is 0 Å². The summed E-state index contributed by atoms with van der Waals surface area (Å²) < 4.78 is 0. The van der Waals surface area contributed by atoms with E-state index in [9.17, 15) is 4.79 Å². The van der Waals surface area contributed by atoms with E-state index in [2.05, 4.69) is 11.0 Å². The molecule has 0 bridgehead atoms. The van der Waals surface area contributed by atoms with Crippen molar-refractivity contribution in [2.24, 2.45) is 0 Å². The number of rotatable bonds is 4. The van der Waals surface area contributed by atoms with Crippen molar-refractivity contribution in [3.8, 4) is 0 Å². The summed E-state index contributed by atoms with van der Waals surface area (Å²) in [6.45, 7) is 6.93. The van der Waals surface area contributed by atoms with Crippen molar-refractivity contribution in [2.75, 3.05) is 36.8 Å². The average Bonchev–Trinajstić information content (AvgIpc) is 2.73. The summed E-state index contributed by atoms with van der Waals surface area (Å²) in [5.74, 6) is 0.190. The molecule has 0 unspecified atom stereocenters. The summed E-state index contributed by atoms with van der Waals surface area (Å²) in [5, 5.41) is 0. The molecule has 1 heterocycles. The second-order valence-electron chi connectivity index (χ2n) is 4.63. The van der Waals surface area contributed by atoms with Gasteiger partial charge in [-0.3, -0.25) is 4.79 Å². The second-order valence-corrected chi connectivity index (χ2v) is 4.63. The Bertz CT molecular complexity index is 441. The first-order valence-corrected chi connectivity index (χ1v) is 6.56. The Kier molecular flexibility index (Phi) is 3.75. The molecule has 0 atom stereocenters. The molecule has 0 aliphatic carbocycles. The highest BCUT2D eigenvalue weighted by atomic mass is 16.2. The van der Waals surface area contributed by atoms with E-state index >= 15 is 0 Å². The number of hydrogen-bond donors (Lipinski definition) is 1. The normalized spacial score (nSPS) is 13.6. The summed E-state index contributed by atoms with van der Waals surface area (Å²) in [6, 6.07) is 5.96. The molecule has 1 amide bonds. The first kappa shape index (κ1) is 12.7. The second kappa shape index (κ2) is 5.29. The fourth-order valence-electron chi connectivity index (χ4n) is 2.47. The molecule has 1 aromatic rings. The maximum Gasteiger partial charge on any atom is 0.242 e. The maximum atomic E-state index is 12.1. The van der Waals surface area contributed by atoms with Gasteiger partial charge in [0, 0.05) is 31.0 Å². The van der Waals surface area contributed by atoms with Crippen LogP contribution >= 0.6 is 0 Å². The molecule has 1 aliphatic heterocycles. The van der Waals surface area contributed by atoms with Gasteiger partial charge in [-0.1, -0.05) is 6.07 Å². The van der Waals surface area contributed by atoms with Gasteiger partial charge in [0.05, 0.1) is 6.54 Å². The third-order valence-corrected chi connectivity index (χ3v) is 3.54. The van der Waals surface area contributed by atoms with Crippen molar-refractivity contribution < 1.29 is 4.79 Å². The van der Waals surface area contributed by atoms with Crippen LogP contribution in [0.15, 0.2) is 18.2 Å². The van der Waals surface area contributed by atoms with Crippen LogP contribution in [0, 0.1) is 0 Å². The van der Waals surface area contributed by atoms with Crippen molar-refractivity contribution in [2.45, 2.75) is 20.3 Å². The van der Waals surface area contributed by atoms with Crippen molar-refractivity contribution in [1.29, 1.82) is 0 Å². The van der Waals surface area contributed by atoms with E-state index in [0.29, 0.717) is 6.54 Å². The van der Waals surface area contributed by atoms with Gasteiger partial charge in [0.2, 0.25) is 5.91 Å². The number of hydrogen-bond acceptors (Lipinski definition) is 3. The lowest BCUT2D eigenvalue weighted by atomic mass is 10.1. The molecule has 4 heteroatoms. The highest BCUT2D eigenvalue weighted by Crippen LogP contribution is 2.29. The Morgan fingerprint density at radius 3 is 2.78 bits per heavy atom. The van der Waals surface area contributed by atoms with Crippen LogP contribution in [0.5, 0.6) is 0 Å². The molecule has 4 nitrogen and oxygen atoms in total. The SMILES string of the molecule is CCN(CC)C(=O)CN1CCc2ccc(N)cc21. The van der Waals surface area contributed by atoms with Crippen molar-refractivity contribution in [1.82, 2.24) is 4.90 Å². The number of anilines is 2. The third-order valence-electron chi connectivity index (χ3n) is 3.54. The largest absolute Gasteiger partial charge is 0.399 e. The van der Waals surface area contributed by atoms with Crippen LogP contribution in [-0.2, 0) is 11.2 Å². The molecule has 0 fully saturated rings. The summed E-state index contributed by atoms with van der Waals surface area (Å²) in [6.07, 6.45) is 1.00. The molecule has 2 N–H and O–H groups in total. The van der Waals surface area contributed by atoms with E-state index < -0.39 is 0 Å². The number of benzene rings is 1. The van der Waals surface area contributed by atoms with Gasteiger partial charge in [-0.05, 0) is 38.0 Å². The van der Waals surface area contributed by atoms with E-state index in [1.807, 2.05) is 30.9 Å². The Morgan fingerprint density at radius 1 is 1.39 bits per heavy atom. The lowest BCUT2D eigenvalue weighted by molar-refractivity contribution is -0.129. The molecule has 1 aromatic carbocycles. The number of likely N-dealkylation sites (N-methyl/N-ethyl adjacent to an activating group) is 1. The Labute approximate surface area is 108 Å². The number of carbonyl (C=O) groups is 1. The van der Waals surface area contributed by atoms with Gasteiger partial charge in [0.15, 0.2) is 0 Å². The van der Waals surface area contributed by atoms with Crippen LogP contribution in [-0.4, -0.2) is 37.0 Å². The van der Waals surface area contributed by atoms with E-state index in [1.165, 1.54) is 5.56 Å². The molecule has 98 valence electrons. The van der Waals surface area contributed by atoms with E-state index in [4.69, 9.17) is 5.73 Å². The number of nitrogens with zero attached hydrogens (tertiary/aromatic N) is 2. The lowest BCUT2D eigenvalue weighted by Crippen LogP contribution is -2.39. The average molecular weight is 247 g/mol. The number of nitrogen functional groups attached to an aromatic ring is 1.